The Morgan fingerprint density at radius 2 is 1.39 bits per heavy atom. The van der Waals surface area contributed by atoms with E-state index in [1.54, 1.807) is 0 Å². The van der Waals surface area contributed by atoms with Crippen molar-refractivity contribution in [2.45, 2.75) is 51.9 Å². The van der Waals surface area contributed by atoms with Crippen LogP contribution in [0.5, 0.6) is 0 Å². The quantitative estimate of drug-likeness (QED) is 0.188. The summed E-state index contributed by atoms with van der Waals surface area (Å²) in [5, 5.41) is 16.4. The Balaban J connectivity index is 1.46. The maximum atomic E-state index is 12.0. The van der Waals surface area contributed by atoms with Crippen LogP contribution in [0.1, 0.15) is 50.2 Å². The summed E-state index contributed by atoms with van der Waals surface area (Å²) >= 11 is 0. The molecular weight excluding hydrogens is 388 g/mol. The molecule has 160 valence electrons. The average Bonchev–Trinajstić information content (AvgIpc) is 2.77. The van der Waals surface area contributed by atoms with E-state index in [0.717, 1.165) is 19.3 Å². The Kier molecular flexibility index (Phi) is 6.36. The van der Waals surface area contributed by atoms with Gasteiger partial charge in [0.15, 0.2) is 0 Å². The van der Waals surface area contributed by atoms with Gasteiger partial charge in [-0.15, -0.1) is 0 Å². The fourth-order valence-electron chi connectivity index (χ4n) is 4.51. The third-order valence-electron chi connectivity index (χ3n) is 6.10. The number of esters is 1. The molecule has 0 spiro atoms. The third-order valence-corrected chi connectivity index (χ3v) is 6.10. The molecule has 0 amide bonds. The number of hydrogen-bond acceptors (Lipinski definition) is 3. The molecule has 4 aromatic carbocycles. The molecule has 0 unspecified atom stereocenters. The lowest BCUT2D eigenvalue weighted by atomic mass is 9.88. The number of hydrogen-bond donors (Lipinski definition) is 1. The number of carboxylic acids is 1. The molecule has 0 fully saturated rings. The van der Waals surface area contributed by atoms with E-state index in [4.69, 9.17) is 9.84 Å². The molecular formula is C27H28O4. The molecule has 0 saturated heterocycles. The van der Waals surface area contributed by atoms with Crippen LogP contribution >= 0.6 is 0 Å². The first-order chi connectivity index (χ1) is 15.1. The van der Waals surface area contributed by atoms with E-state index < -0.39 is 5.97 Å². The van der Waals surface area contributed by atoms with Crippen LogP contribution in [-0.4, -0.2) is 23.7 Å². The Morgan fingerprint density at radius 3 is 2.03 bits per heavy atom. The third kappa shape index (κ3) is 4.48. The van der Waals surface area contributed by atoms with E-state index in [1.165, 1.54) is 43.4 Å². The number of carboxylic acid groups (broad SMARTS) is 1. The molecule has 1 N–H and O–H groups in total. The maximum Gasteiger partial charge on any atom is 0.305 e. The molecule has 0 saturated carbocycles. The number of aliphatic carboxylic acids is 1. The summed E-state index contributed by atoms with van der Waals surface area (Å²) in [5.74, 6) is -1.02. The Hall–Kier alpha value is -3.14. The van der Waals surface area contributed by atoms with Crippen molar-refractivity contribution in [3.05, 3.63) is 59.7 Å². The van der Waals surface area contributed by atoms with Crippen molar-refractivity contribution in [1.29, 1.82) is 0 Å². The number of benzene rings is 4. The second kappa shape index (κ2) is 9.34. The van der Waals surface area contributed by atoms with Crippen LogP contribution in [0.3, 0.4) is 0 Å². The standard InChI is InChI=1S/C27H28O4/c1-2-18-9-11-20-13-14-21-12-10-19(23-16-15-22(18)26(20)27(21)23)6-5-8-25(30)31-17-4-3-7-24(28)29/h9-16H,2-8,17H2,1H3,(H,28,29). The van der Waals surface area contributed by atoms with Crippen molar-refractivity contribution < 1.29 is 19.4 Å². The van der Waals surface area contributed by atoms with Gasteiger partial charge in [0.1, 0.15) is 0 Å². The van der Waals surface area contributed by atoms with Gasteiger partial charge in [0.2, 0.25) is 0 Å². The van der Waals surface area contributed by atoms with Crippen molar-refractivity contribution in [3.8, 4) is 0 Å². The van der Waals surface area contributed by atoms with Gasteiger partial charge in [0, 0.05) is 12.8 Å². The first kappa shape index (κ1) is 21.1. The molecule has 31 heavy (non-hydrogen) atoms. The van der Waals surface area contributed by atoms with E-state index in [-0.39, 0.29) is 12.4 Å². The first-order valence-corrected chi connectivity index (χ1v) is 11.1. The highest BCUT2D eigenvalue weighted by Crippen LogP contribution is 2.37. The van der Waals surface area contributed by atoms with Crippen LogP contribution in [-0.2, 0) is 27.2 Å². The monoisotopic (exact) mass is 416 g/mol. The summed E-state index contributed by atoms with van der Waals surface area (Å²) in [7, 11) is 0. The van der Waals surface area contributed by atoms with Crippen molar-refractivity contribution in [2.75, 3.05) is 6.61 Å². The SMILES string of the molecule is CCc1ccc2ccc3ccc(CCCC(=O)OCCCCC(=O)O)c4ccc1c2c34. The molecule has 0 aliphatic carbocycles. The zero-order valence-corrected chi connectivity index (χ0v) is 17.9. The molecule has 0 radical (unpaired) electrons. The summed E-state index contributed by atoms with van der Waals surface area (Å²) in [4.78, 5) is 22.5. The van der Waals surface area contributed by atoms with Gasteiger partial charge in [-0.3, -0.25) is 9.59 Å². The smallest absolute Gasteiger partial charge is 0.305 e. The maximum absolute atomic E-state index is 12.0. The van der Waals surface area contributed by atoms with Gasteiger partial charge in [-0.2, -0.15) is 0 Å². The number of rotatable bonds is 10. The average molecular weight is 417 g/mol. The summed E-state index contributed by atoms with van der Waals surface area (Å²) in [6.07, 6.45) is 4.19. The van der Waals surface area contributed by atoms with Gasteiger partial charge in [-0.05, 0) is 75.5 Å². The minimum Gasteiger partial charge on any atom is -0.481 e. The van der Waals surface area contributed by atoms with Crippen LogP contribution in [0.25, 0.3) is 32.3 Å². The number of unbranched alkanes of at least 4 members (excludes halogenated alkanes) is 1. The van der Waals surface area contributed by atoms with Crippen LogP contribution < -0.4 is 0 Å². The van der Waals surface area contributed by atoms with Crippen LogP contribution in [0.15, 0.2) is 48.5 Å². The van der Waals surface area contributed by atoms with Gasteiger partial charge < -0.3 is 9.84 Å². The highest BCUT2D eigenvalue weighted by atomic mass is 16.5. The van der Waals surface area contributed by atoms with Gasteiger partial charge in [0.25, 0.3) is 0 Å². The summed E-state index contributed by atoms with van der Waals surface area (Å²) in [5.41, 5.74) is 2.64. The second-order valence-electron chi connectivity index (χ2n) is 8.15. The zero-order chi connectivity index (χ0) is 21.8. The van der Waals surface area contributed by atoms with Gasteiger partial charge in [-0.1, -0.05) is 55.5 Å². The molecule has 4 heteroatoms. The predicted octanol–water partition coefficient (Wildman–Crippen LogP) is 6.27. The first-order valence-electron chi connectivity index (χ1n) is 11.1. The Bertz CT molecular complexity index is 1220. The zero-order valence-electron chi connectivity index (χ0n) is 17.9. The van der Waals surface area contributed by atoms with Crippen LogP contribution in [0.2, 0.25) is 0 Å². The lowest BCUT2D eigenvalue weighted by Crippen LogP contribution is -2.07. The number of carbonyl (C=O) groups is 2. The highest BCUT2D eigenvalue weighted by molar-refractivity contribution is 6.24. The predicted molar refractivity (Wildman–Crippen MR) is 125 cm³/mol. The van der Waals surface area contributed by atoms with Gasteiger partial charge >= 0.3 is 11.9 Å². The van der Waals surface area contributed by atoms with E-state index >= 15 is 0 Å². The van der Waals surface area contributed by atoms with Gasteiger partial charge in [0.05, 0.1) is 6.61 Å². The molecule has 0 aliphatic heterocycles. The number of aryl methyl sites for hydroxylation is 2. The van der Waals surface area contributed by atoms with E-state index in [0.29, 0.717) is 25.9 Å². The topological polar surface area (TPSA) is 63.6 Å². The second-order valence-corrected chi connectivity index (χ2v) is 8.15. The summed E-state index contributed by atoms with van der Waals surface area (Å²) in [6, 6.07) is 17.7. The molecule has 0 bridgehead atoms. The van der Waals surface area contributed by atoms with Crippen LogP contribution in [0, 0.1) is 0 Å². The van der Waals surface area contributed by atoms with E-state index in [9.17, 15) is 9.59 Å². The number of ether oxygens (including phenoxy) is 1. The van der Waals surface area contributed by atoms with E-state index in [2.05, 4.69) is 55.5 Å². The fraction of sp³-hybridized carbons (Fsp3) is 0.333. The Morgan fingerprint density at radius 1 is 0.774 bits per heavy atom. The highest BCUT2D eigenvalue weighted by Gasteiger charge is 2.13. The molecule has 4 aromatic rings. The van der Waals surface area contributed by atoms with Gasteiger partial charge in [-0.25, -0.2) is 0 Å². The molecule has 0 atom stereocenters. The molecule has 0 aromatic heterocycles. The van der Waals surface area contributed by atoms with Crippen molar-refractivity contribution >= 4 is 44.3 Å². The lowest BCUT2D eigenvalue weighted by Gasteiger charge is -2.15. The number of carbonyl (C=O) groups excluding carboxylic acids is 1. The molecule has 0 heterocycles. The molecule has 4 rings (SSSR count). The minimum atomic E-state index is -0.814. The normalized spacial score (nSPS) is 11.5. The van der Waals surface area contributed by atoms with E-state index in [1.807, 2.05) is 0 Å². The Labute approximate surface area is 182 Å². The van der Waals surface area contributed by atoms with Crippen LogP contribution in [0.4, 0.5) is 0 Å². The summed E-state index contributed by atoms with van der Waals surface area (Å²) in [6.45, 7) is 2.49. The van der Waals surface area contributed by atoms with Crippen molar-refractivity contribution in [3.63, 3.8) is 0 Å². The van der Waals surface area contributed by atoms with Crippen molar-refractivity contribution in [2.24, 2.45) is 0 Å². The fourth-order valence-corrected chi connectivity index (χ4v) is 4.51. The van der Waals surface area contributed by atoms with Crippen molar-refractivity contribution in [1.82, 2.24) is 0 Å². The minimum absolute atomic E-state index is 0.117. The largest absolute Gasteiger partial charge is 0.481 e. The summed E-state index contributed by atoms with van der Waals surface area (Å²) < 4.78 is 5.24. The lowest BCUT2D eigenvalue weighted by molar-refractivity contribution is -0.143. The molecule has 4 nitrogen and oxygen atoms in total. The molecule has 0 aliphatic rings.